The van der Waals surface area contributed by atoms with Crippen molar-refractivity contribution in [3.8, 4) is 12.3 Å². The summed E-state index contributed by atoms with van der Waals surface area (Å²) in [5.74, 6) is 2.43. The van der Waals surface area contributed by atoms with Crippen LogP contribution in [0.15, 0.2) is 28.5 Å². The molecule has 0 aromatic rings. The van der Waals surface area contributed by atoms with Crippen LogP contribution in [-0.4, -0.2) is 25.5 Å². The Balaban J connectivity index is -0.000000574. The second kappa shape index (κ2) is 16.5. The van der Waals surface area contributed by atoms with Crippen molar-refractivity contribution in [2.24, 2.45) is 10.7 Å². The quantitative estimate of drug-likeness (QED) is 0.578. The van der Waals surface area contributed by atoms with Gasteiger partial charge in [0.05, 0.1) is 0 Å². The second-order valence-electron chi connectivity index (χ2n) is 4.03. The van der Waals surface area contributed by atoms with Crippen LogP contribution in [0.4, 0.5) is 13.2 Å². The minimum atomic E-state index is -4.32. The fourth-order valence-electron chi connectivity index (χ4n) is 1.13. The number of aliphatic imine (C=N–C) groups is 1. The van der Waals surface area contributed by atoms with Crippen molar-refractivity contribution in [2.45, 2.75) is 53.6 Å². The monoisotopic (exact) mass is 333 g/mol. The molecule has 0 radical (unpaired) electrons. The van der Waals surface area contributed by atoms with Gasteiger partial charge in [0.1, 0.15) is 0 Å². The molecule has 3 N–H and O–H groups in total. The van der Waals surface area contributed by atoms with Gasteiger partial charge in [0.15, 0.2) is 0 Å². The molecule has 3 nitrogen and oxygen atoms in total. The molecule has 0 aliphatic rings. The molecule has 0 saturated carbocycles. The third-order valence-electron chi connectivity index (χ3n) is 2.11. The van der Waals surface area contributed by atoms with Gasteiger partial charge in [-0.25, -0.2) is 0 Å². The summed E-state index contributed by atoms with van der Waals surface area (Å²) in [7, 11) is 1.67. The molecular weight excluding hydrogens is 303 g/mol. The lowest BCUT2D eigenvalue weighted by Crippen LogP contribution is -2.13. The molecule has 0 aliphatic carbocycles. The van der Waals surface area contributed by atoms with E-state index in [0.29, 0.717) is 18.0 Å². The fourth-order valence-corrected chi connectivity index (χ4v) is 1.13. The van der Waals surface area contributed by atoms with Crippen LogP contribution in [-0.2, 0) is 0 Å². The minimum Gasteiger partial charge on any atom is -0.401 e. The van der Waals surface area contributed by atoms with Gasteiger partial charge in [-0.3, -0.25) is 4.99 Å². The Morgan fingerprint density at radius 2 is 1.78 bits per heavy atom. The predicted octanol–water partition coefficient (Wildman–Crippen LogP) is 4.42. The first-order chi connectivity index (χ1) is 10.7. The lowest BCUT2D eigenvalue weighted by atomic mass is 10.1. The number of terminal acetylenes is 1. The molecule has 0 aromatic heterocycles. The Labute approximate surface area is 138 Å². The molecule has 0 saturated heterocycles. The normalized spacial score (nSPS) is 12.3. The third kappa shape index (κ3) is 18.1. The van der Waals surface area contributed by atoms with Crippen molar-refractivity contribution in [1.82, 2.24) is 5.32 Å². The number of hydrogen-bond donors (Lipinski definition) is 2. The highest BCUT2D eigenvalue weighted by Crippen LogP contribution is 2.25. The van der Waals surface area contributed by atoms with Crippen molar-refractivity contribution in [1.29, 1.82) is 0 Å². The standard InChI is InChI=1S/C11H18F3N3.C4H6.C2H6/c1-4-17-10(6-9(15)7-16-3)5-8(2)11(12,13)14;1-3-4-2;1-2/h5,7,16H,4,6,15H2,1-3H3;1H,4H2,2H3;1-2H3/b8-5+,9-7-,17-10?;;. The van der Waals surface area contributed by atoms with Crippen LogP contribution in [0.25, 0.3) is 0 Å². The van der Waals surface area contributed by atoms with Gasteiger partial charge in [-0.15, -0.1) is 12.3 Å². The van der Waals surface area contributed by atoms with Gasteiger partial charge in [0.2, 0.25) is 0 Å². The Kier molecular flexibility index (Phi) is 18.6. The van der Waals surface area contributed by atoms with Crippen LogP contribution in [0, 0.1) is 12.3 Å². The molecule has 0 unspecified atom stereocenters. The summed E-state index contributed by atoms with van der Waals surface area (Å²) in [4.78, 5) is 3.99. The van der Waals surface area contributed by atoms with Gasteiger partial charge in [-0.05, 0) is 19.9 Å². The van der Waals surface area contributed by atoms with E-state index in [1.54, 1.807) is 14.0 Å². The van der Waals surface area contributed by atoms with Crippen molar-refractivity contribution in [2.75, 3.05) is 13.6 Å². The Hall–Kier alpha value is -1.90. The summed E-state index contributed by atoms with van der Waals surface area (Å²) in [6, 6.07) is 0. The summed E-state index contributed by atoms with van der Waals surface area (Å²) < 4.78 is 37.1. The smallest absolute Gasteiger partial charge is 0.401 e. The number of allylic oxidation sites excluding steroid dienone is 3. The zero-order valence-corrected chi connectivity index (χ0v) is 15.0. The molecule has 0 atom stereocenters. The van der Waals surface area contributed by atoms with Crippen LogP contribution < -0.4 is 11.1 Å². The van der Waals surface area contributed by atoms with Crippen LogP contribution >= 0.6 is 0 Å². The molecule has 0 heterocycles. The van der Waals surface area contributed by atoms with E-state index in [9.17, 15) is 13.2 Å². The van der Waals surface area contributed by atoms with Crippen LogP contribution in [0.5, 0.6) is 0 Å². The molecule has 0 amide bonds. The van der Waals surface area contributed by atoms with E-state index in [4.69, 9.17) is 12.2 Å². The van der Waals surface area contributed by atoms with Gasteiger partial charge >= 0.3 is 6.18 Å². The molecule has 0 spiro atoms. The maximum absolute atomic E-state index is 12.4. The van der Waals surface area contributed by atoms with Crippen molar-refractivity contribution in [3.63, 3.8) is 0 Å². The summed E-state index contributed by atoms with van der Waals surface area (Å²) in [6.45, 7) is 9.14. The van der Waals surface area contributed by atoms with Crippen molar-refractivity contribution >= 4 is 5.71 Å². The maximum atomic E-state index is 12.4. The van der Waals surface area contributed by atoms with Crippen LogP contribution in [0.1, 0.15) is 47.5 Å². The Bertz CT molecular complexity index is 414. The summed E-state index contributed by atoms with van der Waals surface area (Å²) in [5, 5.41) is 2.71. The lowest BCUT2D eigenvalue weighted by Gasteiger charge is -2.08. The lowest BCUT2D eigenvalue weighted by molar-refractivity contribution is -0.0912. The summed E-state index contributed by atoms with van der Waals surface area (Å²) in [5.41, 5.74) is 5.69. The van der Waals surface area contributed by atoms with Gasteiger partial charge in [-0.2, -0.15) is 13.2 Å². The number of hydrogen-bond acceptors (Lipinski definition) is 3. The second-order valence-corrected chi connectivity index (χ2v) is 4.03. The number of halogens is 3. The van der Waals surface area contributed by atoms with Gasteiger partial charge in [-0.1, -0.05) is 20.8 Å². The largest absolute Gasteiger partial charge is 0.412 e. The topological polar surface area (TPSA) is 50.4 Å². The molecule has 6 heteroatoms. The SMILES string of the molecule is C#CCC.CC.CCN=C(/C=C(\C)C(F)(F)F)C/C(N)=C/NC. The van der Waals surface area contributed by atoms with Crippen molar-refractivity contribution in [3.05, 3.63) is 23.5 Å². The molecule has 0 aliphatic heterocycles. The highest BCUT2D eigenvalue weighted by atomic mass is 19.4. The maximum Gasteiger partial charge on any atom is 0.412 e. The molecule has 134 valence electrons. The number of rotatable bonds is 5. The highest BCUT2D eigenvalue weighted by molar-refractivity contribution is 5.97. The Morgan fingerprint density at radius 1 is 1.30 bits per heavy atom. The predicted molar refractivity (Wildman–Crippen MR) is 94.2 cm³/mol. The van der Waals surface area contributed by atoms with E-state index < -0.39 is 11.7 Å². The first-order valence-corrected chi connectivity index (χ1v) is 7.56. The van der Waals surface area contributed by atoms with Gasteiger partial charge in [0.25, 0.3) is 0 Å². The first kappa shape index (κ1) is 26.0. The van der Waals surface area contributed by atoms with E-state index in [1.807, 2.05) is 20.8 Å². The third-order valence-corrected chi connectivity index (χ3v) is 2.11. The number of nitrogens with zero attached hydrogens (tertiary/aromatic N) is 1. The van der Waals surface area contributed by atoms with Crippen LogP contribution in [0.3, 0.4) is 0 Å². The molecule has 0 fully saturated rings. The zero-order valence-electron chi connectivity index (χ0n) is 15.0. The van der Waals surface area contributed by atoms with Gasteiger partial charge in [0, 0.05) is 49.6 Å². The Morgan fingerprint density at radius 3 is 2.09 bits per heavy atom. The van der Waals surface area contributed by atoms with Crippen LogP contribution in [0.2, 0.25) is 0 Å². The first-order valence-electron chi connectivity index (χ1n) is 7.56. The molecule has 0 aromatic carbocycles. The number of nitrogens with one attached hydrogen (secondary N) is 1. The summed E-state index contributed by atoms with van der Waals surface area (Å²) in [6.07, 6.45) is 4.06. The van der Waals surface area contributed by atoms with E-state index in [-0.39, 0.29) is 6.42 Å². The highest BCUT2D eigenvalue weighted by Gasteiger charge is 2.30. The van der Waals surface area contributed by atoms with E-state index in [1.165, 1.54) is 6.20 Å². The average molecular weight is 333 g/mol. The van der Waals surface area contributed by atoms with E-state index in [2.05, 4.69) is 16.2 Å². The number of nitrogens with two attached hydrogens (primary N) is 1. The average Bonchev–Trinajstić information content (AvgIpc) is 2.49. The fraction of sp³-hybridized carbons (Fsp3) is 0.588. The molecule has 0 bridgehead atoms. The van der Waals surface area contributed by atoms with E-state index >= 15 is 0 Å². The molecule has 23 heavy (non-hydrogen) atoms. The minimum absolute atomic E-state index is 0.197. The van der Waals surface area contributed by atoms with Crippen molar-refractivity contribution < 1.29 is 13.2 Å². The van der Waals surface area contributed by atoms with Gasteiger partial charge < -0.3 is 11.1 Å². The molecular formula is C17H30F3N3. The molecule has 0 rings (SSSR count). The van der Waals surface area contributed by atoms with E-state index in [0.717, 1.165) is 19.4 Å². The summed E-state index contributed by atoms with van der Waals surface area (Å²) >= 11 is 0. The zero-order chi connectivity index (χ0) is 18.9. The number of alkyl halides is 3.